The molecule has 0 atom stereocenters. The van der Waals surface area contributed by atoms with Crippen LogP contribution < -0.4 is 5.73 Å². The SMILES string of the molecule is CCc1nc(C(=O)OC)c(N)n1-c1cccc(Br)c1C. The molecule has 20 heavy (non-hydrogen) atoms. The van der Waals surface area contributed by atoms with Gasteiger partial charge in [0.05, 0.1) is 12.8 Å². The average molecular weight is 338 g/mol. The van der Waals surface area contributed by atoms with Crippen LogP contribution >= 0.6 is 15.9 Å². The average Bonchev–Trinajstić information content (AvgIpc) is 2.78. The van der Waals surface area contributed by atoms with Crippen LogP contribution in [0.5, 0.6) is 0 Å². The number of aryl methyl sites for hydroxylation is 1. The number of nitrogens with two attached hydrogens (primary N) is 1. The molecule has 0 aliphatic heterocycles. The van der Waals surface area contributed by atoms with Crippen LogP contribution in [0, 0.1) is 6.92 Å². The summed E-state index contributed by atoms with van der Waals surface area (Å²) in [4.78, 5) is 16.0. The minimum Gasteiger partial charge on any atom is -0.464 e. The Labute approximate surface area is 125 Å². The number of anilines is 1. The second kappa shape index (κ2) is 5.66. The number of halogens is 1. The number of hydrogen-bond donors (Lipinski definition) is 1. The van der Waals surface area contributed by atoms with Crippen LogP contribution in [-0.4, -0.2) is 22.6 Å². The highest BCUT2D eigenvalue weighted by Crippen LogP contribution is 2.28. The second-order valence-corrected chi connectivity index (χ2v) is 5.18. The summed E-state index contributed by atoms with van der Waals surface area (Å²) in [5.74, 6) is 0.502. The predicted molar refractivity (Wildman–Crippen MR) is 81.1 cm³/mol. The van der Waals surface area contributed by atoms with E-state index in [0.29, 0.717) is 12.2 Å². The quantitative estimate of drug-likeness (QED) is 0.874. The van der Waals surface area contributed by atoms with Crippen molar-refractivity contribution in [3.05, 3.63) is 39.8 Å². The van der Waals surface area contributed by atoms with Gasteiger partial charge in [0.15, 0.2) is 5.69 Å². The zero-order valence-electron chi connectivity index (χ0n) is 11.6. The number of benzene rings is 1. The van der Waals surface area contributed by atoms with Crippen LogP contribution in [0.15, 0.2) is 22.7 Å². The molecule has 1 heterocycles. The summed E-state index contributed by atoms with van der Waals surface area (Å²) in [6.45, 7) is 3.95. The first-order valence-electron chi connectivity index (χ1n) is 6.22. The summed E-state index contributed by atoms with van der Waals surface area (Å²) >= 11 is 3.50. The number of methoxy groups -OCH3 is 1. The first kappa shape index (κ1) is 14.6. The number of nitrogens with zero attached hydrogens (tertiary/aromatic N) is 2. The van der Waals surface area contributed by atoms with E-state index in [-0.39, 0.29) is 5.69 Å². The van der Waals surface area contributed by atoms with E-state index in [9.17, 15) is 4.79 Å². The fraction of sp³-hybridized carbons (Fsp3) is 0.286. The second-order valence-electron chi connectivity index (χ2n) is 4.33. The van der Waals surface area contributed by atoms with Gasteiger partial charge in [0.1, 0.15) is 11.6 Å². The Morgan fingerprint density at radius 1 is 1.50 bits per heavy atom. The van der Waals surface area contributed by atoms with Gasteiger partial charge in [0.25, 0.3) is 0 Å². The Hall–Kier alpha value is -1.82. The van der Waals surface area contributed by atoms with Crippen molar-refractivity contribution in [2.24, 2.45) is 0 Å². The summed E-state index contributed by atoms with van der Waals surface area (Å²) in [7, 11) is 1.32. The summed E-state index contributed by atoms with van der Waals surface area (Å²) in [6, 6.07) is 5.82. The van der Waals surface area contributed by atoms with Crippen molar-refractivity contribution in [3.63, 3.8) is 0 Å². The lowest BCUT2D eigenvalue weighted by molar-refractivity contribution is 0.0596. The van der Waals surface area contributed by atoms with E-state index in [2.05, 4.69) is 20.9 Å². The van der Waals surface area contributed by atoms with E-state index in [0.717, 1.165) is 21.5 Å². The van der Waals surface area contributed by atoms with Crippen molar-refractivity contribution < 1.29 is 9.53 Å². The third-order valence-electron chi connectivity index (χ3n) is 3.16. The van der Waals surface area contributed by atoms with Gasteiger partial charge in [-0.25, -0.2) is 9.78 Å². The topological polar surface area (TPSA) is 70.1 Å². The maximum atomic E-state index is 11.7. The Bertz CT molecular complexity index is 665. The fourth-order valence-electron chi connectivity index (χ4n) is 2.07. The van der Waals surface area contributed by atoms with Crippen molar-refractivity contribution in [1.82, 2.24) is 9.55 Å². The van der Waals surface area contributed by atoms with Crippen molar-refractivity contribution in [1.29, 1.82) is 0 Å². The van der Waals surface area contributed by atoms with E-state index in [1.807, 2.05) is 32.0 Å². The highest BCUT2D eigenvalue weighted by molar-refractivity contribution is 9.10. The molecule has 2 N–H and O–H groups in total. The Kier molecular flexibility index (Phi) is 4.13. The molecule has 0 unspecified atom stereocenters. The number of nitrogen functional groups attached to an aromatic ring is 1. The molecule has 0 bridgehead atoms. The number of hydrogen-bond acceptors (Lipinski definition) is 4. The maximum Gasteiger partial charge on any atom is 0.360 e. The van der Waals surface area contributed by atoms with E-state index in [1.165, 1.54) is 7.11 Å². The van der Waals surface area contributed by atoms with Crippen molar-refractivity contribution in [3.8, 4) is 5.69 Å². The lowest BCUT2D eigenvalue weighted by Gasteiger charge is -2.13. The lowest BCUT2D eigenvalue weighted by Crippen LogP contribution is -2.09. The summed E-state index contributed by atoms with van der Waals surface area (Å²) in [6.07, 6.45) is 0.660. The van der Waals surface area contributed by atoms with Gasteiger partial charge in [0.2, 0.25) is 0 Å². The van der Waals surface area contributed by atoms with E-state index >= 15 is 0 Å². The van der Waals surface area contributed by atoms with Gasteiger partial charge in [-0.3, -0.25) is 4.57 Å². The molecular formula is C14H16BrN3O2. The van der Waals surface area contributed by atoms with Gasteiger partial charge in [0, 0.05) is 10.9 Å². The van der Waals surface area contributed by atoms with Crippen LogP contribution in [0.1, 0.15) is 28.8 Å². The molecule has 0 fully saturated rings. The van der Waals surface area contributed by atoms with Gasteiger partial charge in [-0.2, -0.15) is 0 Å². The highest BCUT2D eigenvalue weighted by Gasteiger charge is 2.22. The lowest BCUT2D eigenvalue weighted by atomic mass is 10.2. The zero-order chi connectivity index (χ0) is 14.9. The van der Waals surface area contributed by atoms with Crippen LogP contribution in [0.4, 0.5) is 5.82 Å². The van der Waals surface area contributed by atoms with E-state index in [1.54, 1.807) is 4.57 Å². The fourth-order valence-corrected chi connectivity index (χ4v) is 2.43. The number of imidazole rings is 1. The van der Waals surface area contributed by atoms with Crippen LogP contribution in [0.2, 0.25) is 0 Å². The minimum atomic E-state index is -0.524. The molecule has 0 amide bonds. The zero-order valence-corrected chi connectivity index (χ0v) is 13.2. The van der Waals surface area contributed by atoms with E-state index < -0.39 is 5.97 Å². The molecule has 6 heteroatoms. The molecule has 2 aromatic rings. The number of ether oxygens (including phenoxy) is 1. The minimum absolute atomic E-state index is 0.156. The number of carbonyl (C=O) groups excluding carboxylic acids is 1. The third kappa shape index (κ3) is 2.31. The smallest absolute Gasteiger partial charge is 0.360 e. The van der Waals surface area contributed by atoms with Gasteiger partial charge < -0.3 is 10.5 Å². The summed E-state index contributed by atoms with van der Waals surface area (Å²) in [5, 5.41) is 0. The van der Waals surface area contributed by atoms with Crippen molar-refractivity contribution in [2.75, 3.05) is 12.8 Å². The molecule has 5 nitrogen and oxygen atoms in total. The summed E-state index contributed by atoms with van der Waals surface area (Å²) < 4.78 is 7.49. The molecule has 2 rings (SSSR count). The van der Waals surface area contributed by atoms with E-state index in [4.69, 9.17) is 10.5 Å². The Morgan fingerprint density at radius 2 is 2.20 bits per heavy atom. The molecular weight excluding hydrogens is 322 g/mol. The molecule has 1 aromatic heterocycles. The monoisotopic (exact) mass is 337 g/mol. The molecule has 0 spiro atoms. The molecule has 0 aliphatic rings. The maximum absolute atomic E-state index is 11.7. The predicted octanol–water partition coefficient (Wildman–Crippen LogP) is 2.87. The van der Waals surface area contributed by atoms with Gasteiger partial charge in [-0.05, 0) is 24.6 Å². The Morgan fingerprint density at radius 3 is 2.80 bits per heavy atom. The molecule has 1 aromatic carbocycles. The van der Waals surface area contributed by atoms with Crippen LogP contribution in [-0.2, 0) is 11.2 Å². The van der Waals surface area contributed by atoms with Crippen LogP contribution in [0.3, 0.4) is 0 Å². The van der Waals surface area contributed by atoms with Crippen LogP contribution in [0.25, 0.3) is 5.69 Å². The van der Waals surface area contributed by atoms with Gasteiger partial charge in [-0.15, -0.1) is 0 Å². The number of esters is 1. The summed E-state index contributed by atoms with van der Waals surface area (Å²) in [5.41, 5.74) is 8.18. The largest absolute Gasteiger partial charge is 0.464 e. The van der Waals surface area contributed by atoms with Crippen molar-refractivity contribution in [2.45, 2.75) is 20.3 Å². The third-order valence-corrected chi connectivity index (χ3v) is 4.02. The first-order chi connectivity index (χ1) is 9.51. The van der Waals surface area contributed by atoms with Gasteiger partial charge in [-0.1, -0.05) is 28.9 Å². The molecule has 0 aliphatic carbocycles. The molecule has 0 saturated heterocycles. The van der Waals surface area contributed by atoms with Crippen molar-refractivity contribution >= 4 is 27.7 Å². The highest BCUT2D eigenvalue weighted by atomic mass is 79.9. The number of carbonyl (C=O) groups is 1. The van der Waals surface area contributed by atoms with Gasteiger partial charge >= 0.3 is 5.97 Å². The number of rotatable bonds is 3. The standard InChI is InChI=1S/C14H16BrN3O2/c1-4-11-17-12(14(19)20-3)13(16)18(11)10-7-5-6-9(15)8(10)2/h5-7H,4,16H2,1-3H3. The first-order valence-corrected chi connectivity index (χ1v) is 7.01. The Balaban J connectivity index is 2.70. The normalized spacial score (nSPS) is 10.6. The number of aromatic nitrogens is 2. The molecule has 0 saturated carbocycles. The molecule has 0 radical (unpaired) electrons. The molecule has 106 valence electrons.